The third-order valence-electron chi connectivity index (χ3n) is 3.27. The first-order valence-corrected chi connectivity index (χ1v) is 6.85. The van der Waals surface area contributed by atoms with Gasteiger partial charge in [-0.2, -0.15) is 0 Å². The van der Waals surface area contributed by atoms with Gasteiger partial charge in [0.15, 0.2) is 0 Å². The molecule has 0 bridgehead atoms. The van der Waals surface area contributed by atoms with Gasteiger partial charge in [-0.15, -0.1) is 0 Å². The summed E-state index contributed by atoms with van der Waals surface area (Å²) in [5.41, 5.74) is 3.71. The van der Waals surface area contributed by atoms with Gasteiger partial charge in [-0.1, -0.05) is 0 Å². The van der Waals surface area contributed by atoms with E-state index in [1.807, 2.05) is 35.9 Å². The summed E-state index contributed by atoms with van der Waals surface area (Å²) in [4.78, 5) is 20.3. The van der Waals surface area contributed by atoms with Gasteiger partial charge in [0.2, 0.25) is 0 Å². The van der Waals surface area contributed by atoms with E-state index in [1.165, 1.54) is 5.56 Å². The summed E-state index contributed by atoms with van der Waals surface area (Å²) >= 11 is 0. The zero-order valence-corrected chi connectivity index (χ0v) is 11.8. The monoisotopic (exact) mass is 280 g/mol. The van der Waals surface area contributed by atoms with E-state index in [-0.39, 0.29) is 5.91 Å². The van der Waals surface area contributed by atoms with Crippen molar-refractivity contribution in [2.75, 3.05) is 6.54 Å². The van der Waals surface area contributed by atoms with Gasteiger partial charge >= 0.3 is 0 Å². The zero-order valence-electron chi connectivity index (χ0n) is 11.8. The normalized spacial score (nSPS) is 10.7. The van der Waals surface area contributed by atoms with Gasteiger partial charge in [0.1, 0.15) is 5.65 Å². The van der Waals surface area contributed by atoms with Gasteiger partial charge < -0.3 is 9.72 Å². The molecule has 3 rings (SSSR count). The molecule has 3 aromatic rings. The standard InChI is InChI=1S/C16H16N4O/c1-12-5-9-20-11-14(19-15(20)10-12)4-8-18-16(21)13-2-6-17-7-3-13/h2-3,5-7,9-11H,4,8H2,1H3,(H,18,21). The Kier molecular flexibility index (Phi) is 3.64. The van der Waals surface area contributed by atoms with Crippen molar-refractivity contribution in [1.29, 1.82) is 0 Å². The summed E-state index contributed by atoms with van der Waals surface area (Å²) in [6.45, 7) is 2.60. The molecule has 5 nitrogen and oxygen atoms in total. The van der Waals surface area contributed by atoms with Crippen LogP contribution >= 0.6 is 0 Å². The molecule has 3 heterocycles. The average molecular weight is 280 g/mol. The summed E-state index contributed by atoms with van der Waals surface area (Å²) in [6.07, 6.45) is 7.92. The third-order valence-corrected chi connectivity index (χ3v) is 3.27. The fourth-order valence-corrected chi connectivity index (χ4v) is 2.17. The number of hydrogen-bond donors (Lipinski definition) is 1. The number of imidazole rings is 1. The molecule has 3 aromatic heterocycles. The van der Waals surface area contributed by atoms with Crippen LogP contribution < -0.4 is 5.32 Å². The van der Waals surface area contributed by atoms with Crippen molar-refractivity contribution in [3.63, 3.8) is 0 Å². The fourth-order valence-electron chi connectivity index (χ4n) is 2.17. The number of amides is 1. The smallest absolute Gasteiger partial charge is 0.251 e. The van der Waals surface area contributed by atoms with Crippen LogP contribution in [0.1, 0.15) is 21.6 Å². The van der Waals surface area contributed by atoms with Gasteiger partial charge in [0.25, 0.3) is 5.91 Å². The lowest BCUT2D eigenvalue weighted by atomic mass is 10.2. The van der Waals surface area contributed by atoms with E-state index in [2.05, 4.69) is 15.3 Å². The van der Waals surface area contributed by atoms with Crippen LogP contribution in [-0.2, 0) is 6.42 Å². The molecular weight excluding hydrogens is 264 g/mol. The highest BCUT2D eigenvalue weighted by atomic mass is 16.1. The predicted molar refractivity (Wildman–Crippen MR) is 80.2 cm³/mol. The fraction of sp³-hybridized carbons (Fsp3) is 0.188. The molecule has 0 radical (unpaired) electrons. The van der Waals surface area contributed by atoms with Gasteiger partial charge in [-0.3, -0.25) is 9.78 Å². The van der Waals surface area contributed by atoms with E-state index < -0.39 is 0 Å². The van der Waals surface area contributed by atoms with Gasteiger partial charge in [-0.25, -0.2) is 4.98 Å². The molecule has 0 fully saturated rings. The summed E-state index contributed by atoms with van der Waals surface area (Å²) in [7, 11) is 0. The molecular formula is C16H16N4O. The van der Waals surface area contributed by atoms with Crippen LogP contribution in [0.25, 0.3) is 5.65 Å². The van der Waals surface area contributed by atoms with Crippen LogP contribution in [0.2, 0.25) is 0 Å². The Morgan fingerprint density at radius 2 is 2.10 bits per heavy atom. The van der Waals surface area contributed by atoms with E-state index >= 15 is 0 Å². The van der Waals surface area contributed by atoms with Crippen molar-refractivity contribution in [3.05, 3.63) is 65.9 Å². The second-order valence-electron chi connectivity index (χ2n) is 4.94. The SMILES string of the molecule is Cc1ccn2cc(CCNC(=O)c3ccncc3)nc2c1. The first-order chi connectivity index (χ1) is 10.2. The number of fused-ring (bicyclic) bond motifs is 1. The minimum Gasteiger partial charge on any atom is -0.352 e. The molecule has 0 saturated heterocycles. The second kappa shape index (κ2) is 5.75. The van der Waals surface area contributed by atoms with Crippen LogP contribution in [0.3, 0.4) is 0 Å². The second-order valence-corrected chi connectivity index (χ2v) is 4.94. The van der Waals surface area contributed by atoms with Crippen molar-refractivity contribution in [2.45, 2.75) is 13.3 Å². The highest BCUT2D eigenvalue weighted by Gasteiger charge is 2.05. The molecule has 0 spiro atoms. The number of hydrogen-bond acceptors (Lipinski definition) is 3. The summed E-state index contributed by atoms with van der Waals surface area (Å²) < 4.78 is 1.99. The predicted octanol–water partition coefficient (Wildman–Crippen LogP) is 2.01. The minimum atomic E-state index is -0.0861. The molecule has 0 aliphatic heterocycles. The Balaban J connectivity index is 1.60. The Morgan fingerprint density at radius 3 is 2.90 bits per heavy atom. The summed E-state index contributed by atoms with van der Waals surface area (Å²) in [5, 5.41) is 2.89. The molecule has 0 aliphatic carbocycles. The largest absolute Gasteiger partial charge is 0.352 e. The Hall–Kier alpha value is -2.69. The maximum absolute atomic E-state index is 11.9. The number of nitrogens with one attached hydrogen (secondary N) is 1. The van der Waals surface area contributed by atoms with Crippen molar-refractivity contribution in [2.24, 2.45) is 0 Å². The minimum absolute atomic E-state index is 0.0861. The lowest BCUT2D eigenvalue weighted by molar-refractivity contribution is 0.0954. The van der Waals surface area contributed by atoms with Crippen molar-refractivity contribution in [1.82, 2.24) is 19.7 Å². The van der Waals surface area contributed by atoms with Crippen LogP contribution in [0.15, 0.2) is 49.1 Å². The average Bonchev–Trinajstić information content (AvgIpc) is 2.89. The summed E-state index contributed by atoms with van der Waals surface area (Å²) in [5.74, 6) is -0.0861. The highest BCUT2D eigenvalue weighted by molar-refractivity contribution is 5.93. The van der Waals surface area contributed by atoms with E-state index in [4.69, 9.17) is 0 Å². The number of aryl methyl sites for hydroxylation is 1. The number of carbonyl (C=O) groups excluding carboxylic acids is 1. The first-order valence-electron chi connectivity index (χ1n) is 6.85. The first kappa shape index (κ1) is 13.3. The maximum atomic E-state index is 11.9. The number of nitrogens with zero attached hydrogens (tertiary/aromatic N) is 3. The van der Waals surface area contributed by atoms with Crippen LogP contribution in [0.4, 0.5) is 0 Å². The molecule has 5 heteroatoms. The topological polar surface area (TPSA) is 59.3 Å². The third kappa shape index (κ3) is 3.08. The number of carbonyl (C=O) groups is 1. The molecule has 0 aliphatic rings. The Labute approximate surface area is 122 Å². The Bertz CT molecular complexity index is 764. The maximum Gasteiger partial charge on any atom is 0.251 e. The van der Waals surface area contributed by atoms with Crippen molar-refractivity contribution in [3.8, 4) is 0 Å². The van der Waals surface area contributed by atoms with Crippen LogP contribution in [0, 0.1) is 6.92 Å². The Morgan fingerprint density at radius 1 is 1.29 bits per heavy atom. The quantitative estimate of drug-likeness (QED) is 0.795. The lowest BCUT2D eigenvalue weighted by Gasteiger charge is -2.03. The van der Waals surface area contributed by atoms with E-state index in [0.717, 1.165) is 11.3 Å². The number of aromatic nitrogens is 3. The van der Waals surface area contributed by atoms with Crippen LogP contribution in [0.5, 0.6) is 0 Å². The molecule has 0 saturated carbocycles. The number of pyridine rings is 2. The van der Waals surface area contributed by atoms with E-state index in [1.54, 1.807) is 24.5 Å². The zero-order chi connectivity index (χ0) is 14.7. The van der Waals surface area contributed by atoms with Gasteiger partial charge in [-0.05, 0) is 36.8 Å². The summed E-state index contributed by atoms with van der Waals surface area (Å²) in [6, 6.07) is 7.48. The van der Waals surface area contributed by atoms with Gasteiger partial charge in [0, 0.05) is 43.3 Å². The van der Waals surface area contributed by atoms with Gasteiger partial charge in [0.05, 0.1) is 5.69 Å². The van der Waals surface area contributed by atoms with E-state index in [9.17, 15) is 4.79 Å². The molecule has 106 valence electrons. The van der Waals surface area contributed by atoms with Crippen molar-refractivity contribution < 1.29 is 4.79 Å². The molecule has 1 amide bonds. The molecule has 0 aromatic carbocycles. The van der Waals surface area contributed by atoms with Crippen LogP contribution in [-0.4, -0.2) is 26.8 Å². The van der Waals surface area contributed by atoms with E-state index in [0.29, 0.717) is 18.5 Å². The number of rotatable bonds is 4. The van der Waals surface area contributed by atoms with Crippen molar-refractivity contribution >= 4 is 11.6 Å². The highest BCUT2D eigenvalue weighted by Crippen LogP contribution is 2.08. The molecule has 0 unspecified atom stereocenters. The molecule has 21 heavy (non-hydrogen) atoms. The molecule has 1 N–H and O–H groups in total. The lowest BCUT2D eigenvalue weighted by Crippen LogP contribution is -2.25. The molecule has 0 atom stereocenters.